The lowest BCUT2D eigenvalue weighted by atomic mass is 10.2. The number of hydrogen-bond donors (Lipinski definition) is 2. The van der Waals surface area contributed by atoms with Gasteiger partial charge in [0.05, 0.1) is 41.3 Å². The molecular weight excluding hydrogens is 436 g/mol. The summed E-state index contributed by atoms with van der Waals surface area (Å²) in [6.45, 7) is 4.08. The summed E-state index contributed by atoms with van der Waals surface area (Å²) in [6.07, 6.45) is 5.43. The van der Waals surface area contributed by atoms with Crippen LogP contribution >= 0.6 is 39.7 Å². The predicted octanol–water partition coefficient (Wildman–Crippen LogP) is 4.05. The third-order valence-electron chi connectivity index (χ3n) is 3.74. The number of aromatic nitrogens is 4. The summed E-state index contributed by atoms with van der Waals surface area (Å²) in [4.78, 5) is 0. The zero-order chi connectivity index (χ0) is 18.5. The molecule has 1 aromatic carbocycles. The van der Waals surface area contributed by atoms with E-state index in [4.69, 9.17) is 23.8 Å². The maximum atomic E-state index is 6.02. The van der Waals surface area contributed by atoms with Crippen LogP contribution in [0.15, 0.2) is 47.3 Å². The SMILES string of the molecule is CCn1ncc(Br)c1CNC(=S)Nc1cnn(Cc2cccc(Cl)c2)c1. The number of benzene rings is 1. The normalized spacial score (nSPS) is 10.7. The minimum Gasteiger partial charge on any atom is -0.357 e. The van der Waals surface area contributed by atoms with E-state index in [0.29, 0.717) is 18.2 Å². The number of aryl methyl sites for hydroxylation is 1. The second kappa shape index (κ2) is 8.66. The lowest BCUT2D eigenvalue weighted by molar-refractivity contribution is 0.613. The van der Waals surface area contributed by atoms with Gasteiger partial charge in [-0.05, 0) is 52.8 Å². The molecule has 2 aromatic heterocycles. The van der Waals surface area contributed by atoms with Crippen molar-refractivity contribution in [2.45, 2.75) is 26.6 Å². The van der Waals surface area contributed by atoms with Gasteiger partial charge in [0.1, 0.15) is 0 Å². The van der Waals surface area contributed by atoms with Crippen molar-refractivity contribution in [3.05, 3.63) is 63.6 Å². The Kier molecular flexibility index (Phi) is 6.29. The molecule has 6 nitrogen and oxygen atoms in total. The Morgan fingerprint density at radius 1 is 1.31 bits per heavy atom. The van der Waals surface area contributed by atoms with Gasteiger partial charge < -0.3 is 10.6 Å². The molecule has 0 spiro atoms. The Morgan fingerprint density at radius 2 is 2.15 bits per heavy atom. The second-order valence-electron chi connectivity index (χ2n) is 5.62. The maximum absolute atomic E-state index is 6.02. The highest BCUT2D eigenvalue weighted by Gasteiger charge is 2.08. The minimum atomic E-state index is 0.531. The van der Waals surface area contributed by atoms with Crippen LogP contribution in [0.5, 0.6) is 0 Å². The molecule has 0 saturated carbocycles. The largest absolute Gasteiger partial charge is 0.357 e. The summed E-state index contributed by atoms with van der Waals surface area (Å²) in [7, 11) is 0. The lowest BCUT2D eigenvalue weighted by Gasteiger charge is -2.10. The number of nitrogens with one attached hydrogen (secondary N) is 2. The van der Waals surface area contributed by atoms with E-state index in [0.717, 1.165) is 33.0 Å². The van der Waals surface area contributed by atoms with E-state index in [-0.39, 0.29) is 0 Å². The van der Waals surface area contributed by atoms with Crippen LogP contribution in [0.25, 0.3) is 0 Å². The molecule has 136 valence electrons. The molecular formula is C17H18BrClN6S. The third kappa shape index (κ3) is 4.84. The standard InChI is InChI=1S/C17H18BrClN6S/c1-2-25-16(15(18)8-22-25)9-20-17(26)23-14-7-21-24(11-14)10-12-4-3-5-13(19)6-12/h3-8,11H,2,9-10H2,1H3,(H2,20,23,26). The molecule has 0 bridgehead atoms. The summed E-state index contributed by atoms with van der Waals surface area (Å²) in [5, 5.41) is 16.2. The van der Waals surface area contributed by atoms with Gasteiger partial charge in [-0.15, -0.1) is 0 Å². The van der Waals surface area contributed by atoms with Crippen LogP contribution in [0.3, 0.4) is 0 Å². The quantitative estimate of drug-likeness (QED) is 0.551. The Hall–Kier alpha value is -1.90. The number of hydrogen-bond acceptors (Lipinski definition) is 3. The van der Waals surface area contributed by atoms with Gasteiger partial charge in [-0.2, -0.15) is 10.2 Å². The number of nitrogens with zero attached hydrogens (tertiary/aromatic N) is 4. The van der Waals surface area contributed by atoms with Crippen molar-refractivity contribution in [3.63, 3.8) is 0 Å². The van der Waals surface area contributed by atoms with Gasteiger partial charge in [-0.3, -0.25) is 9.36 Å². The predicted molar refractivity (Wildman–Crippen MR) is 111 cm³/mol. The first-order valence-electron chi connectivity index (χ1n) is 8.07. The molecule has 0 amide bonds. The van der Waals surface area contributed by atoms with Gasteiger partial charge >= 0.3 is 0 Å². The van der Waals surface area contributed by atoms with Crippen molar-refractivity contribution in [3.8, 4) is 0 Å². The number of halogens is 2. The number of anilines is 1. The molecule has 0 aliphatic carbocycles. The van der Waals surface area contributed by atoms with Gasteiger partial charge in [0.2, 0.25) is 0 Å². The molecule has 0 fully saturated rings. The summed E-state index contributed by atoms with van der Waals surface area (Å²) >= 11 is 14.9. The van der Waals surface area contributed by atoms with E-state index in [1.165, 1.54) is 0 Å². The fourth-order valence-electron chi connectivity index (χ4n) is 2.51. The van der Waals surface area contributed by atoms with Crippen LogP contribution in [0.1, 0.15) is 18.2 Å². The average Bonchev–Trinajstić information content (AvgIpc) is 3.19. The topological polar surface area (TPSA) is 59.7 Å². The lowest BCUT2D eigenvalue weighted by Crippen LogP contribution is -2.29. The summed E-state index contributed by atoms with van der Waals surface area (Å²) in [5.41, 5.74) is 2.96. The Morgan fingerprint density at radius 3 is 2.92 bits per heavy atom. The van der Waals surface area contributed by atoms with E-state index >= 15 is 0 Å². The zero-order valence-corrected chi connectivity index (χ0v) is 17.3. The third-order valence-corrected chi connectivity index (χ3v) is 4.88. The van der Waals surface area contributed by atoms with Gasteiger partial charge in [-0.1, -0.05) is 23.7 Å². The van der Waals surface area contributed by atoms with Gasteiger partial charge in [0.15, 0.2) is 5.11 Å². The molecule has 9 heteroatoms. The van der Waals surface area contributed by atoms with Gasteiger partial charge in [-0.25, -0.2) is 0 Å². The second-order valence-corrected chi connectivity index (χ2v) is 7.32. The van der Waals surface area contributed by atoms with Crippen LogP contribution in [0.4, 0.5) is 5.69 Å². The zero-order valence-electron chi connectivity index (χ0n) is 14.1. The van der Waals surface area contributed by atoms with E-state index in [9.17, 15) is 0 Å². The highest BCUT2D eigenvalue weighted by atomic mass is 79.9. The maximum Gasteiger partial charge on any atom is 0.171 e. The van der Waals surface area contributed by atoms with Gasteiger partial charge in [0, 0.05) is 17.8 Å². The van der Waals surface area contributed by atoms with Gasteiger partial charge in [0.25, 0.3) is 0 Å². The summed E-state index contributed by atoms with van der Waals surface area (Å²) < 4.78 is 4.71. The van der Waals surface area contributed by atoms with Crippen molar-refractivity contribution >= 4 is 50.5 Å². The monoisotopic (exact) mass is 452 g/mol. The molecule has 0 radical (unpaired) electrons. The van der Waals surface area contributed by atoms with Crippen molar-refractivity contribution in [2.75, 3.05) is 5.32 Å². The average molecular weight is 454 g/mol. The highest BCUT2D eigenvalue weighted by molar-refractivity contribution is 9.10. The molecule has 0 unspecified atom stereocenters. The number of thiocarbonyl (C=S) groups is 1. The molecule has 3 aromatic rings. The Labute approximate surface area is 170 Å². The molecule has 0 atom stereocenters. The fraction of sp³-hybridized carbons (Fsp3) is 0.235. The fourth-order valence-corrected chi connectivity index (χ4v) is 3.35. The first-order valence-corrected chi connectivity index (χ1v) is 9.65. The highest BCUT2D eigenvalue weighted by Crippen LogP contribution is 2.16. The van der Waals surface area contributed by atoms with Crippen molar-refractivity contribution in [2.24, 2.45) is 0 Å². The van der Waals surface area contributed by atoms with Crippen LogP contribution in [0.2, 0.25) is 5.02 Å². The van der Waals surface area contributed by atoms with Crippen LogP contribution < -0.4 is 10.6 Å². The molecule has 3 rings (SSSR count). The van der Waals surface area contributed by atoms with E-state index in [2.05, 4.69) is 36.8 Å². The van der Waals surface area contributed by atoms with Crippen molar-refractivity contribution < 1.29 is 0 Å². The summed E-state index contributed by atoms with van der Waals surface area (Å²) in [6, 6.07) is 7.73. The summed E-state index contributed by atoms with van der Waals surface area (Å²) in [5.74, 6) is 0. The smallest absolute Gasteiger partial charge is 0.171 e. The van der Waals surface area contributed by atoms with Crippen LogP contribution in [-0.4, -0.2) is 24.7 Å². The van der Waals surface area contributed by atoms with Crippen LogP contribution in [0, 0.1) is 0 Å². The molecule has 2 N–H and O–H groups in total. The first-order chi connectivity index (χ1) is 12.5. The molecule has 2 heterocycles. The Balaban J connectivity index is 1.55. The molecule has 0 aliphatic rings. The first kappa shape index (κ1) is 18.9. The van der Waals surface area contributed by atoms with E-state index in [1.807, 2.05) is 46.7 Å². The molecule has 0 aliphatic heterocycles. The molecule has 0 saturated heterocycles. The molecule has 26 heavy (non-hydrogen) atoms. The minimum absolute atomic E-state index is 0.531. The van der Waals surface area contributed by atoms with Crippen LogP contribution in [-0.2, 0) is 19.6 Å². The van der Waals surface area contributed by atoms with E-state index in [1.54, 1.807) is 12.4 Å². The number of rotatable bonds is 6. The van der Waals surface area contributed by atoms with E-state index < -0.39 is 0 Å². The van der Waals surface area contributed by atoms with Crippen molar-refractivity contribution in [1.29, 1.82) is 0 Å². The Bertz CT molecular complexity index is 906. The van der Waals surface area contributed by atoms with Crippen molar-refractivity contribution in [1.82, 2.24) is 24.9 Å².